The Hall–Kier alpha value is 0.124. The van der Waals surface area contributed by atoms with Crippen LogP contribution < -0.4 is 5.32 Å². The van der Waals surface area contributed by atoms with Crippen LogP contribution in [0.2, 0.25) is 0 Å². The molecule has 0 amide bonds. The quantitative estimate of drug-likeness (QED) is 0.744. The van der Waals surface area contributed by atoms with Crippen LogP contribution in [-0.2, 0) is 32.7 Å². The van der Waals surface area contributed by atoms with Gasteiger partial charge in [-0.2, -0.15) is 0 Å². The van der Waals surface area contributed by atoms with Crippen LogP contribution in [-0.4, -0.2) is 7.05 Å². The average Bonchev–Trinajstić information content (AvgIpc) is 2.10. The van der Waals surface area contributed by atoms with Gasteiger partial charge in [-0.15, -0.1) is 0 Å². The fourth-order valence-corrected chi connectivity index (χ4v) is 0.605. The molecule has 0 unspecified atom stereocenters. The molecule has 0 heterocycles. The van der Waals surface area contributed by atoms with Crippen LogP contribution in [0.15, 0.2) is 30.3 Å². The number of rotatable bonds is 1. The maximum Gasteiger partial charge on any atom is 0.0337 e. The average molecular weight is 241 g/mol. The smallest absolute Gasteiger partial charge is 0.0337 e. The molecule has 1 N–H and O–H groups in total. The summed E-state index contributed by atoms with van der Waals surface area (Å²) in [7, 11) is 1.91. The van der Waals surface area contributed by atoms with Crippen LogP contribution in [0.25, 0.3) is 0 Å². The van der Waals surface area contributed by atoms with Crippen LogP contribution in [0.3, 0.4) is 0 Å². The van der Waals surface area contributed by atoms with Crippen molar-refractivity contribution in [3.8, 4) is 0 Å². The first-order valence-electron chi connectivity index (χ1n) is 3.66. The minimum atomic E-state index is 0. The topological polar surface area (TPSA) is 12.0 Å². The van der Waals surface area contributed by atoms with Crippen molar-refractivity contribution < 1.29 is 32.7 Å². The van der Waals surface area contributed by atoms with Crippen molar-refractivity contribution >= 4 is 5.69 Å². The summed E-state index contributed by atoms with van der Waals surface area (Å²) in [4.78, 5) is 0. The summed E-state index contributed by atoms with van der Waals surface area (Å²) in [5.74, 6) is 0. The third-order valence-corrected chi connectivity index (χ3v) is 1.06. The number of benzene rings is 1. The molecule has 0 aliphatic rings. The molecule has 1 aromatic carbocycles. The summed E-state index contributed by atoms with van der Waals surface area (Å²) in [6.45, 7) is 4.00. The summed E-state index contributed by atoms with van der Waals surface area (Å²) in [6.07, 6.45) is 0. The van der Waals surface area contributed by atoms with Crippen LogP contribution >= 0.6 is 0 Å². The number of anilines is 1. The molecule has 0 saturated carbocycles. The molecular weight excluding hydrogens is 223 g/mol. The molecule has 1 rings (SSSR count). The van der Waals surface area contributed by atoms with Crippen molar-refractivity contribution in [3.05, 3.63) is 37.8 Å². The van der Waals surface area contributed by atoms with Crippen molar-refractivity contribution in [1.29, 1.82) is 0 Å². The summed E-state index contributed by atoms with van der Waals surface area (Å²) >= 11 is 0. The predicted octanol–water partition coefficient (Wildman–Crippen LogP) is 3.20. The van der Waals surface area contributed by atoms with E-state index in [-0.39, 0.29) is 40.1 Å². The van der Waals surface area contributed by atoms with Crippen LogP contribution in [0.5, 0.6) is 0 Å². The maximum atomic E-state index is 3.03. The molecule has 0 bridgehead atoms. The zero-order chi connectivity index (χ0) is 7.82. The summed E-state index contributed by atoms with van der Waals surface area (Å²) < 4.78 is 0. The Morgan fingerprint density at radius 2 is 1.42 bits per heavy atom. The van der Waals surface area contributed by atoms with E-state index in [9.17, 15) is 0 Å². The Kier molecular flexibility index (Phi) is 20.6. The monoisotopic (exact) mass is 241 g/mol. The summed E-state index contributed by atoms with van der Waals surface area (Å²) in [6, 6.07) is 10.1. The van der Waals surface area contributed by atoms with E-state index in [2.05, 4.69) is 5.32 Å². The molecule has 0 aliphatic carbocycles. The first-order valence-corrected chi connectivity index (χ1v) is 3.66. The normalized spacial score (nSPS) is 6.25. The van der Waals surface area contributed by atoms with E-state index in [4.69, 9.17) is 0 Å². The van der Waals surface area contributed by atoms with Gasteiger partial charge in [0.25, 0.3) is 0 Å². The van der Waals surface area contributed by atoms with Crippen molar-refractivity contribution in [1.82, 2.24) is 0 Å². The van der Waals surface area contributed by atoms with Gasteiger partial charge in [-0.1, -0.05) is 32.0 Å². The van der Waals surface area contributed by atoms with Crippen LogP contribution in [0.1, 0.15) is 13.8 Å². The third kappa shape index (κ3) is 8.22. The molecule has 0 atom stereocenters. The zero-order valence-electron chi connectivity index (χ0n) is 8.46. The fourth-order valence-electron chi connectivity index (χ4n) is 0.605. The van der Waals surface area contributed by atoms with Gasteiger partial charge in [0, 0.05) is 45.4 Å². The second-order valence-electron chi connectivity index (χ2n) is 1.62. The van der Waals surface area contributed by atoms with Crippen LogP contribution in [0.4, 0.5) is 5.69 Å². The molecule has 1 nitrogen and oxygen atoms in total. The summed E-state index contributed by atoms with van der Waals surface area (Å²) in [5.41, 5.74) is 1.16. The number of para-hydroxylation sites is 1. The first kappa shape index (κ1) is 18.0. The van der Waals surface area contributed by atoms with Gasteiger partial charge in [-0.05, 0) is 12.1 Å². The molecule has 0 spiro atoms. The van der Waals surface area contributed by atoms with Crippen LogP contribution in [0, 0.1) is 7.43 Å². The van der Waals surface area contributed by atoms with Gasteiger partial charge in [-0.25, -0.2) is 0 Å². The standard InChI is InChI=1S/C7H9N.C2H6.CH3.Y/c1-8-7-5-3-2-4-6-7;1-2;;/h2-6,8H,1H3;1-2H3;1H3;/q;;-1;. The van der Waals surface area contributed by atoms with Gasteiger partial charge in [-0.3, -0.25) is 0 Å². The van der Waals surface area contributed by atoms with Gasteiger partial charge in [0.2, 0.25) is 0 Å². The SMILES string of the molecule is CC.CNc1ccccc1.[CH3-].[Y]. The van der Waals surface area contributed by atoms with Crippen molar-refractivity contribution in [3.63, 3.8) is 0 Å². The molecule has 0 aliphatic heterocycles. The van der Waals surface area contributed by atoms with E-state index in [0.29, 0.717) is 0 Å². The molecular formula is C10H18NY-. The third-order valence-electron chi connectivity index (χ3n) is 1.06. The van der Waals surface area contributed by atoms with Gasteiger partial charge < -0.3 is 12.7 Å². The van der Waals surface area contributed by atoms with Gasteiger partial charge in [0.05, 0.1) is 0 Å². The molecule has 67 valence electrons. The van der Waals surface area contributed by atoms with Gasteiger partial charge >= 0.3 is 0 Å². The van der Waals surface area contributed by atoms with Gasteiger partial charge in [0.15, 0.2) is 0 Å². The van der Waals surface area contributed by atoms with E-state index in [1.54, 1.807) is 0 Å². The second-order valence-corrected chi connectivity index (χ2v) is 1.62. The first-order chi connectivity index (χ1) is 4.93. The molecule has 2 heteroatoms. The van der Waals surface area contributed by atoms with E-state index in [1.165, 1.54) is 0 Å². The number of nitrogens with one attached hydrogen (secondary N) is 1. The second kappa shape index (κ2) is 13.7. The molecule has 0 saturated heterocycles. The van der Waals surface area contributed by atoms with E-state index in [0.717, 1.165) is 5.69 Å². The van der Waals surface area contributed by atoms with Crippen molar-refractivity contribution in [2.75, 3.05) is 12.4 Å². The largest absolute Gasteiger partial charge is 0.388 e. The molecule has 12 heavy (non-hydrogen) atoms. The zero-order valence-corrected chi connectivity index (χ0v) is 11.3. The summed E-state index contributed by atoms with van der Waals surface area (Å²) in [5, 5.41) is 3.03. The Balaban J connectivity index is -0.000000189. The Labute approximate surface area is 102 Å². The van der Waals surface area contributed by atoms with Crippen molar-refractivity contribution in [2.45, 2.75) is 13.8 Å². The molecule has 0 aromatic heterocycles. The minimum Gasteiger partial charge on any atom is -0.388 e. The van der Waals surface area contributed by atoms with E-state index in [1.807, 2.05) is 51.2 Å². The molecule has 1 radical (unpaired) electrons. The fraction of sp³-hybridized carbons (Fsp3) is 0.300. The van der Waals surface area contributed by atoms with E-state index >= 15 is 0 Å². The predicted molar refractivity (Wildman–Crippen MR) is 53.8 cm³/mol. The Bertz CT molecular complexity index is 151. The minimum absolute atomic E-state index is 0. The Morgan fingerprint density at radius 3 is 1.67 bits per heavy atom. The number of hydrogen-bond donors (Lipinski definition) is 1. The molecule has 0 fully saturated rings. The van der Waals surface area contributed by atoms with Crippen molar-refractivity contribution in [2.24, 2.45) is 0 Å². The molecule has 1 aromatic rings. The van der Waals surface area contributed by atoms with E-state index < -0.39 is 0 Å². The van der Waals surface area contributed by atoms with Gasteiger partial charge in [0.1, 0.15) is 0 Å². The maximum absolute atomic E-state index is 3.03. The number of hydrogen-bond acceptors (Lipinski definition) is 1. The Morgan fingerprint density at radius 1 is 1.00 bits per heavy atom.